The number of ether oxygens (including phenoxy) is 1. The lowest BCUT2D eigenvalue weighted by atomic mass is 10.2. The smallest absolute Gasteiger partial charge is 0.251 e. The third-order valence-corrected chi connectivity index (χ3v) is 3.42. The summed E-state index contributed by atoms with van der Waals surface area (Å²) in [5.74, 6) is -0.118. The Morgan fingerprint density at radius 2 is 1.85 bits per heavy atom. The van der Waals surface area contributed by atoms with Gasteiger partial charge in [0.2, 0.25) is 5.91 Å². The molecule has 0 radical (unpaired) electrons. The number of thiol groups is 1. The van der Waals surface area contributed by atoms with Gasteiger partial charge < -0.3 is 15.0 Å². The van der Waals surface area contributed by atoms with E-state index >= 15 is 0 Å². The minimum absolute atomic E-state index is 0.0549. The first-order valence-electron chi connectivity index (χ1n) is 6.59. The highest BCUT2D eigenvalue weighted by Gasteiger charge is 2.16. The van der Waals surface area contributed by atoms with E-state index < -0.39 is 0 Å². The molecule has 0 bridgehead atoms. The minimum atomic E-state index is -0.173. The topological polar surface area (TPSA) is 58.6 Å². The number of carbonyl (C=O) groups excluding carboxylic acids is 2. The summed E-state index contributed by atoms with van der Waals surface area (Å²) < 4.78 is 5.19. The molecule has 1 N–H and O–H groups in total. The number of morpholine rings is 1. The van der Waals surface area contributed by atoms with E-state index in [9.17, 15) is 9.59 Å². The van der Waals surface area contributed by atoms with Gasteiger partial charge in [0, 0.05) is 36.5 Å². The summed E-state index contributed by atoms with van der Waals surface area (Å²) >= 11 is 4.16. The van der Waals surface area contributed by atoms with Gasteiger partial charge in [-0.3, -0.25) is 9.59 Å². The zero-order valence-electron chi connectivity index (χ0n) is 11.2. The van der Waals surface area contributed by atoms with Crippen LogP contribution < -0.4 is 5.32 Å². The standard InChI is InChI=1S/C14H18N2O3S/c17-13(16-7-9-19-10-8-16)5-6-15-14(18)11-1-3-12(20)4-2-11/h1-4,20H,5-10H2,(H,15,18). The Balaban J connectivity index is 1.73. The third-order valence-electron chi connectivity index (χ3n) is 3.12. The van der Waals surface area contributed by atoms with Crippen molar-refractivity contribution >= 4 is 24.4 Å². The summed E-state index contributed by atoms with van der Waals surface area (Å²) in [6.07, 6.45) is 0.316. The van der Waals surface area contributed by atoms with Gasteiger partial charge in [-0.1, -0.05) is 0 Å². The molecule has 1 fully saturated rings. The van der Waals surface area contributed by atoms with E-state index in [1.165, 1.54) is 0 Å². The number of hydrogen-bond acceptors (Lipinski definition) is 4. The third kappa shape index (κ3) is 4.25. The Morgan fingerprint density at radius 1 is 1.20 bits per heavy atom. The molecule has 5 nitrogen and oxygen atoms in total. The van der Waals surface area contributed by atoms with Gasteiger partial charge in [0.05, 0.1) is 13.2 Å². The first kappa shape index (κ1) is 14.9. The van der Waals surface area contributed by atoms with Gasteiger partial charge in [-0.2, -0.15) is 0 Å². The van der Waals surface area contributed by atoms with Crippen molar-refractivity contribution in [2.45, 2.75) is 11.3 Å². The molecular formula is C14H18N2O3S. The van der Waals surface area contributed by atoms with E-state index in [0.717, 1.165) is 4.90 Å². The van der Waals surface area contributed by atoms with Crippen LogP contribution in [0.25, 0.3) is 0 Å². The zero-order valence-corrected chi connectivity index (χ0v) is 12.1. The number of nitrogens with zero attached hydrogens (tertiary/aromatic N) is 1. The predicted octanol–water partition coefficient (Wildman–Crippen LogP) is 0.954. The van der Waals surface area contributed by atoms with E-state index in [1.807, 2.05) is 0 Å². The summed E-state index contributed by atoms with van der Waals surface area (Å²) in [5, 5.41) is 2.75. The molecule has 0 spiro atoms. The maximum Gasteiger partial charge on any atom is 0.251 e. The van der Waals surface area contributed by atoms with Gasteiger partial charge in [0.25, 0.3) is 5.91 Å². The maximum atomic E-state index is 11.9. The molecule has 0 aromatic heterocycles. The molecule has 1 aromatic rings. The minimum Gasteiger partial charge on any atom is -0.378 e. The second-order valence-electron chi connectivity index (χ2n) is 4.55. The molecule has 20 heavy (non-hydrogen) atoms. The van der Waals surface area contributed by atoms with Crippen LogP contribution in [0.2, 0.25) is 0 Å². The lowest BCUT2D eigenvalue weighted by Crippen LogP contribution is -2.42. The lowest BCUT2D eigenvalue weighted by Gasteiger charge is -2.26. The highest BCUT2D eigenvalue weighted by atomic mass is 32.1. The fraction of sp³-hybridized carbons (Fsp3) is 0.429. The second-order valence-corrected chi connectivity index (χ2v) is 5.06. The van der Waals surface area contributed by atoms with Crippen molar-refractivity contribution in [3.05, 3.63) is 29.8 Å². The highest BCUT2D eigenvalue weighted by molar-refractivity contribution is 7.80. The summed E-state index contributed by atoms with van der Waals surface area (Å²) in [6, 6.07) is 6.94. The number of nitrogens with one attached hydrogen (secondary N) is 1. The van der Waals surface area contributed by atoms with Crippen LogP contribution in [0.5, 0.6) is 0 Å². The predicted molar refractivity (Wildman–Crippen MR) is 78.0 cm³/mol. The van der Waals surface area contributed by atoms with E-state index in [2.05, 4.69) is 17.9 Å². The number of carbonyl (C=O) groups is 2. The molecule has 6 heteroatoms. The average Bonchev–Trinajstić information content (AvgIpc) is 2.48. The van der Waals surface area contributed by atoms with E-state index in [-0.39, 0.29) is 11.8 Å². The van der Waals surface area contributed by atoms with Crippen molar-refractivity contribution in [3.8, 4) is 0 Å². The molecule has 1 aromatic carbocycles. The van der Waals surface area contributed by atoms with Crippen LogP contribution in [0.3, 0.4) is 0 Å². The van der Waals surface area contributed by atoms with Crippen molar-refractivity contribution in [2.75, 3.05) is 32.8 Å². The molecule has 1 aliphatic heterocycles. The van der Waals surface area contributed by atoms with E-state index in [0.29, 0.717) is 44.8 Å². The molecule has 2 rings (SSSR count). The molecule has 0 saturated carbocycles. The molecule has 108 valence electrons. The van der Waals surface area contributed by atoms with Gasteiger partial charge in [0.15, 0.2) is 0 Å². The fourth-order valence-electron chi connectivity index (χ4n) is 1.97. The summed E-state index contributed by atoms with van der Waals surface area (Å²) in [6.45, 7) is 2.80. The Hall–Kier alpha value is -1.53. The monoisotopic (exact) mass is 294 g/mol. The normalized spacial score (nSPS) is 14.9. The van der Waals surface area contributed by atoms with Crippen molar-refractivity contribution in [2.24, 2.45) is 0 Å². The van der Waals surface area contributed by atoms with Crippen LogP contribution in [0.1, 0.15) is 16.8 Å². The van der Waals surface area contributed by atoms with Gasteiger partial charge >= 0.3 is 0 Å². The second kappa shape index (κ2) is 7.31. The number of hydrogen-bond donors (Lipinski definition) is 2. The van der Waals surface area contributed by atoms with Crippen LogP contribution in [0.4, 0.5) is 0 Å². The van der Waals surface area contributed by atoms with Crippen LogP contribution in [0, 0.1) is 0 Å². The van der Waals surface area contributed by atoms with Crippen molar-refractivity contribution in [3.63, 3.8) is 0 Å². The lowest BCUT2D eigenvalue weighted by molar-refractivity contribution is -0.135. The van der Waals surface area contributed by atoms with Crippen LogP contribution >= 0.6 is 12.6 Å². The van der Waals surface area contributed by atoms with Crippen LogP contribution in [0.15, 0.2) is 29.2 Å². The number of rotatable bonds is 4. The van der Waals surface area contributed by atoms with Crippen LogP contribution in [-0.2, 0) is 9.53 Å². The first-order chi connectivity index (χ1) is 9.66. The van der Waals surface area contributed by atoms with Crippen LogP contribution in [-0.4, -0.2) is 49.6 Å². The van der Waals surface area contributed by atoms with Crippen molar-refractivity contribution in [1.82, 2.24) is 10.2 Å². The van der Waals surface area contributed by atoms with Gasteiger partial charge in [0.1, 0.15) is 0 Å². The molecule has 1 aliphatic rings. The quantitative estimate of drug-likeness (QED) is 0.813. The molecule has 0 unspecified atom stereocenters. The van der Waals surface area contributed by atoms with Crippen molar-refractivity contribution < 1.29 is 14.3 Å². The molecule has 1 heterocycles. The summed E-state index contributed by atoms with van der Waals surface area (Å²) in [7, 11) is 0. The maximum absolute atomic E-state index is 11.9. The summed E-state index contributed by atoms with van der Waals surface area (Å²) in [5.41, 5.74) is 0.571. The Bertz CT molecular complexity index is 470. The molecule has 0 atom stereocenters. The Labute approximate surface area is 123 Å². The first-order valence-corrected chi connectivity index (χ1v) is 7.04. The largest absolute Gasteiger partial charge is 0.378 e. The molecule has 0 aliphatic carbocycles. The van der Waals surface area contributed by atoms with E-state index in [1.54, 1.807) is 29.2 Å². The number of benzene rings is 1. The molecule has 2 amide bonds. The highest BCUT2D eigenvalue weighted by Crippen LogP contribution is 2.07. The number of amides is 2. The van der Waals surface area contributed by atoms with E-state index in [4.69, 9.17) is 4.74 Å². The molecule has 1 saturated heterocycles. The van der Waals surface area contributed by atoms with Crippen molar-refractivity contribution in [1.29, 1.82) is 0 Å². The Morgan fingerprint density at radius 3 is 2.50 bits per heavy atom. The van der Waals surface area contributed by atoms with Gasteiger partial charge in [-0.05, 0) is 24.3 Å². The van der Waals surface area contributed by atoms with Gasteiger partial charge in [-0.25, -0.2) is 0 Å². The SMILES string of the molecule is O=C(NCCC(=O)N1CCOCC1)c1ccc(S)cc1. The fourth-order valence-corrected chi connectivity index (χ4v) is 2.12. The zero-order chi connectivity index (χ0) is 14.4. The van der Waals surface area contributed by atoms with Gasteiger partial charge in [-0.15, -0.1) is 12.6 Å². The summed E-state index contributed by atoms with van der Waals surface area (Å²) in [4.78, 5) is 26.3. The average molecular weight is 294 g/mol. The molecular weight excluding hydrogens is 276 g/mol. The Kier molecular flexibility index (Phi) is 5.43.